The number of benzene rings is 1. The fourth-order valence-electron chi connectivity index (χ4n) is 3.13. The van der Waals surface area contributed by atoms with Crippen molar-refractivity contribution in [1.29, 1.82) is 0 Å². The van der Waals surface area contributed by atoms with Crippen molar-refractivity contribution in [2.24, 2.45) is 5.92 Å². The summed E-state index contributed by atoms with van der Waals surface area (Å²) in [7, 11) is -1.06. The molecule has 4 atom stereocenters. The average Bonchev–Trinajstić information content (AvgIpc) is 2.87. The molecule has 0 bridgehead atoms. The number of hydrogen-bond donors (Lipinski definition) is 0. The van der Waals surface area contributed by atoms with E-state index in [-0.39, 0.29) is 42.0 Å². The monoisotopic (exact) mass is 513 g/mol. The van der Waals surface area contributed by atoms with E-state index in [4.69, 9.17) is 11.4 Å². The van der Waals surface area contributed by atoms with Crippen molar-refractivity contribution in [1.82, 2.24) is 0 Å². The van der Waals surface area contributed by atoms with Crippen LogP contribution >= 0.6 is 7.92 Å². The third kappa shape index (κ3) is 4.57. The average molecular weight is 514 g/mol. The van der Waals surface area contributed by atoms with Gasteiger partial charge < -0.3 is 4.74 Å². The fraction of sp³-hybridized carbons (Fsp3) is 0.500. The van der Waals surface area contributed by atoms with Crippen LogP contribution in [0.4, 0.5) is 0 Å². The number of rotatable bonds is 4. The second kappa shape index (κ2) is 8.55. The Morgan fingerprint density at radius 3 is 2.60 bits per heavy atom. The van der Waals surface area contributed by atoms with E-state index in [1.807, 2.05) is 25.1 Å². The van der Waals surface area contributed by atoms with Gasteiger partial charge in [0.25, 0.3) is 0 Å². The molecule has 1 aromatic rings. The zero-order valence-electron chi connectivity index (χ0n) is 12.1. The summed E-state index contributed by atoms with van der Waals surface area (Å²) in [6.45, 7) is 10.0. The van der Waals surface area contributed by atoms with Crippen LogP contribution in [0, 0.1) is 42.5 Å². The Kier molecular flexibility index (Phi) is 7.77. The van der Waals surface area contributed by atoms with Crippen molar-refractivity contribution in [3.05, 3.63) is 37.0 Å². The van der Waals surface area contributed by atoms with Gasteiger partial charge in [-0.25, -0.2) is 0 Å². The Labute approximate surface area is 146 Å². The number of hydrogen-bond acceptors (Lipinski definition) is 2. The largest absolute Gasteiger partial charge is 0.462 e. The smallest absolute Gasteiger partial charge is 0.302 e. The molecule has 2 rings (SSSR count). The van der Waals surface area contributed by atoms with E-state index >= 15 is 0 Å². The van der Waals surface area contributed by atoms with Gasteiger partial charge in [0, 0.05) is 50.7 Å². The molecule has 0 heterocycles. The van der Waals surface area contributed by atoms with Gasteiger partial charge >= 0.3 is 5.97 Å². The standard InChI is InChI=1S/C16H22O2P.Np/c1-12(18-13(2)17)15-10-7-11-16(15)19(3)14-8-5-4-6-9-14;/h3-6,8-9,12,15-16,19H,7,10-11H2,1-2H3;/q+1;/t12-,15?,16?;/m1./s1. The zero-order valence-corrected chi connectivity index (χ0v) is 16.8. The molecule has 107 valence electrons. The molecule has 3 unspecified atom stereocenters. The molecule has 1 aliphatic carbocycles. The molecule has 1 aliphatic rings. The van der Waals surface area contributed by atoms with Gasteiger partial charge in [-0.15, -0.1) is 0 Å². The normalized spacial score (nSPS) is 24.6. The minimum absolute atomic E-state index is 0. The minimum atomic E-state index is -1.06. The topological polar surface area (TPSA) is 26.3 Å². The summed E-state index contributed by atoms with van der Waals surface area (Å²) in [6, 6.07) is 10.4. The van der Waals surface area contributed by atoms with Gasteiger partial charge in [0.1, 0.15) is 6.10 Å². The second-order valence-electron chi connectivity index (χ2n) is 5.34. The van der Waals surface area contributed by atoms with Gasteiger partial charge in [-0.2, -0.15) is 0 Å². The Hall–Kier alpha value is 0.133. The van der Waals surface area contributed by atoms with E-state index < -0.39 is 7.92 Å². The summed E-state index contributed by atoms with van der Waals surface area (Å²) < 4.78 is 5.37. The summed E-state index contributed by atoms with van der Waals surface area (Å²) in [6.07, 6.45) is 3.46. The van der Waals surface area contributed by atoms with E-state index in [1.165, 1.54) is 18.6 Å². The molecule has 0 spiro atoms. The molecule has 0 N–H and O–H groups in total. The van der Waals surface area contributed by atoms with Crippen LogP contribution in [0.1, 0.15) is 33.1 Å². The SMILES string of the molecule is [CH][PH+](c1ccccc1)C1CCCC1[C@@H](C)OC(C)=O.[Np]. The van der Waals surface area contributed by atoms with Gasteiger partial charge in [0.05, 0.1) is 11.0 Å². The molecule has 2 nitrogen and oxygen atoms in total. The predicted molar refractivity (Wildman–Crippen MR) is 81.0 cm³/mol. The second-order valence-corrected chi connectivity index (χ2v) is 7.57. The van der Waals surface area contributed by atoms with E-state index in [1.54, 1.807) is 0 Å². The third-order valence-corrected chi connectivity index (χ3v) is 6.55. The maximum atomic E-state index is 11.1. The molecule has 1 saturated carbocycles. The van der Waals surface area contributed by atoms with Crippen molar-refractivity contribution < 1.29 is 39.5 Å². The molecule has 0 aliphatic heterocycles. The van der Waals surface area contributed by atoms with Crippen LogP contribution in [0.3, 0.4) is 0 Å². The van der Waals surface area contributed by atoms with Crippen molar-refractivity contribution in [2.75, 3.05) is 0 Å². The van der Waals surface area contributed by atoms with Gasteiger partial charge in [-0.1, -0.05) is 18.2 Å². The Morgan fingerprint density at radius 2 is 2.00 bits per heavy atom. The summed E-state index contributed by atoms with van der Waals surface area (Å²) in [5, 5.41) is 1.28. The summed E-state index contributed by atoms with van der Waals surface area (Å²) >= 11 is 0. The summed E-state index contributed by atoms with van der Waals surface area (Å²) in [5.41, 5.74) is 0.502. The molecular formula is C16H22NpO2P+. The summed E-state index contributed by atoms with van der Waals surface area (Å²) in [4.78, 5) is 11.1. The Bertz CT molecular complexity index is 424. The van der Waals surface area contributed by atoms with Gasteiger partial charge in [-0.3, -0.25) is 4.79 Å². The van der Waals surface area contributed by atoms with Crippen LogP contribution in [0.25, 0.3) is 0 Å². The third-order valence-electron chi connectivity index (χ3n) is 4.03. The molecule has 20 heavy (non-hydrogen) atoms. The first-order chi connectivity index (χ1) is 9.09. The van der Waals surface area contributed by atoms with Crippen LogP contribution in [0.2, 0.25) is 0 Å². The van der Waals surface area contributed by atoms with Crippen LogP contribution in [-0.2, 0) is 9.53 Å². The molecule has 3 radical (unpaired) electrons. The van der Waals surface area contributed by atoms with Crippen molar-refractivity contribution >= 4 is 19.2 Å². The zero-order chi connectivity index (χ0) is 13.8. The molecular weight excluding hydrogens is 492 g/mol. The maximum absolute atomic E-state index is 11.1. The molecule has 0 amide bonds. The number of ether oxygens (including phenoxy) is 1. The maximum Gasteiger partial charge on any atom is 0.302 e. The van der Waals surface area contributed by atoms with E-state index in [9.17, 15) is 4.79 Å². The van der Waals surface area contributed by atoms with E-state index in [2.05, 4.69) is 12.1 Å². The van der Waals surface area contributed by atoms with Gasteiger partial charge in [0.15, 0.2) is 6.66 Å². The number of carbonyl (C=O) groups is 1. The molecule has 4 heteroatoms. The van der Waals surface area contributed by atoms with Crippen molar-refractivity contribution in [3.63, 3.8) is 0 Å². The Balaban J connectivity index is 0.00000200. The van der Waals surface area contributed by atoms with Crippen LogP contribution in [0.15, 0.2) is 30.3 Å². The van der Waals surface area contributed by atoms with E-state index in [0.717, 1.165) is 12.8 Å². The first-order valence-electron chi connectivity index (χ1n) is 6.94. The van der Waals surface area contributed by atoms with Crippen LogP contribution < -0.4 is 5.30 Å². The van der Waals surface area contributed by atoms with Crippen molar-refractivity contribution in [2.45, 2.75) is 44.9 Å². The first kappa shape index (κ1) is 18.2. The molecule has 0 aromatic heterocycles. The first-order valence-corrected chi connectivity index (χ1v) is 8.60. The molecule has 1 aromatic carbocycles. The minimum Gasteiger partial charge on any atom is -0.462 e. The Morgan fingerprint density at radius 1 is 1.35 bits per heavy atom. The van der Waals surface area contributed by atoms with Crippen molar-refractivity contribution in [3.8, 4) is 0 Å². The molecule has 0 saturated heterocycles. The van der Waals surface area contributed by atoms with Crippen LogP contribution in [-0.4, -0.2) is 17.7 Å². The van der Waals surface area contributed by atoms with Crippen LogP contribution in [0.5, 0.6) is 0 Å². The fourth-order valence-corrected chi connectivity index (χ4v) is 5.55. The quantitative estimate of drug-likeness (QED) is 0.456. The summed E-state index contributed by atoms with van der Waals surface area (Å²) in [5.74, 6) is 0.228. The van der Waals surface area contributed by atoms with E-state index in [0.29, 0.717) is 11.6 Å². The van der Waals surface area contributed by atoms with Gasteiger partial charge in [-0.05, 0) is 38.3 Å². The van der Waals surface area contributed by atoms with Gasteiger partial charge in [0.2, 0.25) is 0 Å². The predicted octanol–water partition coefficient (Wildman–Crippen LogP) is 3.31. The molecule has 1 fully saturated rings. The number of esters is 1. The number of carbonyl (C=O) groups excluding carboxylic acids is 1.